The van der Waals surface area contributed by atoms with Gasteiger partial charge in [-0.25, -0.2) is 4.98 Å². The number of nitrogens with zero attached hydrogens (tertiary/aromatic N) is 3. The Labute approximate surface area is 388 Å². The van der Waals surface area contributed by atoms with Gasteiger partial charge in [-0.15, -0.1) is 0 Å². The van der Waals surface area contributed by atoms with Gasteiger partial charge in [0.1, 0.15) is 11.6 Å². The summed E-state index contributed by atoms with van der Waals surface area (Å²) in [6.07, 6.45) is 1.84. The van der Waals surface area contributed by atoms with E-state index >= 15 is 0 Å². The molecule has 0 amide bonds. The second-order valence-electron chi connectivity index (χ2n) is 20.0. The first kappa shape index (κ1) is 33.3. The fraction of sp³-hybridized carbons (Fsp3) is 0.288. The number of imidazole rings is 1. The van der Waals surface area contributed by atoms with Crippen molar-refractivity contribution >= 4 is 11.0 Å². The molecule has 0 aliphatic carbocycles. The molecule has 63 heavy (non-hydrogen) atoms. The highest BCUT2D eigenvalue weighted by Crippen LogP contribution is 2.44. The summed E-state index contributed by atoms with van der Waals surface area (Å²) in [5.74, 6) is 0.378. The van der Waals surface area contributed by atoms with Crippen LogP contribution in [0.5, 0.6) is 5.75 Å². The van der Waals surface area contributed by atoms with Gasteiger partial charge in [-0.05, 0) is 127 Å². The Hall–Kier alpha value is -6.26. The predicted molar refractivity (Wildman–Crippen MR) is 267 cm³/mol. The van der Waals surface area contributed by atoms with Crippen LogP contribution in [0.4, 0.5) is 0 Å². The Balaban J connectivity index is 1.45. The standard InChI is InChI=1S/C59H63N3O/c1-37-30-45(58(8,9)10)36-49(54(37)63)55-61-53-47(20-17-21-52(53)62(55)51-27-26-44(57(5,6)7)35-48(51)39-18-15-14-16-19-39)41-31-42(33-46(32-41)59(11,12)13)50-34-40(28-29-60-50)38-22-24-43(25-23-38)56(2,3)4/h14-36,63H,1-13H3/i5D3,6D3,7D3. The lowest BCUT2D eigenvalue weighted by atomic mass is 9.83. The van der Waals surface area contributed by atoms with E-state index in [4.69, 9.17) is 22.3 Å². The molecule has 0 aliphatic heterocycles. The third-order valence-electron chi connectivity index (χ3n) is 12.1. The summed E-state index contributed by atoms with van der Waals surface area (Å²) in [7, 11) is 0. The number of aryl methyl sites for hydroxylation is 1. The number of hydrogen-bond acceptors (Lipinski definition) is 3. The van der Waals surface area contributed by atoms with Gasteiger partial charge in [-0.3, -0.25) is 9.55 Å². The van der Waals surface area contributed by atoms with Crippen LogP contribution in [0.2, 0.25) is 0 Å². The normalized spacial score (nSPS) is 15.3. The van der Waals surface area contributed by atoms with Crippen LogP contribution < -0.4 is 0 Å². The Morgan fingerprint density at radius 3 is 1.79 bits per heavy atom. The van der Waals surface area contributed by atoms with Crippen molar-refractivity contribution in [2.75, 3.05) is 0 Å². The van der Waals surface area contributed by atoms with Gasteiger partial charge in [0.2, 0.25) is 0 Å². The van der Waals surface area contributed by atoms with E-state index in [0.29, 0.717) is 44.8 Å². The van der Waals surface area contributed by atoms with E-state index in [2.05, 4.69) is 111 Å². The second-order valence-corrected chi connectivity index (χ2v) is 20.0. The Morgan fingerprint density at radius 1 is 0.492 bits per heavy atom. The quantitative estimate of drug-likeness (QED) is 0.181. The SMILES string of the molecule is [2H]C([2H])([2H])C(c1ccc(-n2c(-c3cc(C(C)(C)C)cc(C)c3O)nc3c(-c4cc(-c5cc(-c6ccc(C(C)(C)C)cc6)ccn5)cc(C(C)(C)C)c4)cccc32)c(-c2ccccc2)c1)(C([2H])([2H])[2H])C([2H])([2H])[2H]. The monoisotopic (exact) mass is 839 g/mol. The van der Waals surface area contributed by atoms with Crippen LogP contribution in [-0.4, -0.2) is 19.6 Å². The molecule has 0 aliphatic rings. The van der Waals surface area contributed by atoms with Crippen molar-refractivity contribution in [1.82, 2.24) is 14.5 Å². The third kappa shape index (κ3) is 8.61. The molecular weight excluding hydrogens is 767 g/mol. The lowest BCUT2D eigenvalue weighted by molar-refractivity contribution is 0.471. The highest BCUT2D eigenvalue weighted by Gasteiger charge is 2.27. The molecule has 0 bridgehead atoms. The minimum atomic E-state index is -3.48. The van der Waals surface area contributed by atoms with Gasteiger partial charge < -0.3 is 5.11 Å². The number of hydrogen-bond donors (Lipinski definition) is 1. The number of fused-ring (bicyclic) bond motifs is 1. The number of rotatable bonds is 6. The zero-order valence-electron chi connectivity index (χ0n) is 47.1. The number of benzene rings is 6. The summed E-state index contributed by atoms with van der Waals surface area (Å²) >= 11 is 0. The van der Waals surface area contributed by atoms with E-state index in [1.165, 1.54) is 17.7 Å². The fourth-order valence-corrected chi connectivity index (χ4v) is 8.25. The van der Waals surface area contributed by atoms with Gasteiger partial charge >= 0.3 is 0 Å². The zero-order chi connectivity index (χ0) is 52.7. The number of aromatic nitrogens is 3. The largest absolute Gasteiger partial charge is 0.507 e. The van der Waals surface area contributed by atoms with E-state index in [-0.39, 0.29) is 27.6 Å². The first-order valence-corrected chi connectivity index (χ1v) is 21.6. The summed E-state index contributed by atoms with van der Waals surface area (Å²) in [6, 6.07) is 42.4. The first-order chi connectivity index (χ1) is 33.3. The van der Waals surface area contributed by atoms with Crippen LogP contribution >= 0.6 is 0 Å². The summed E-state index contributed by atoms with van der Waals surface area (Å²) in [6.45, 7) is 10.8. The van der Waals surface area contributed by atoms with Crippen molar-refractivity contribution in [2.45, 2.75) is 111 Å². The van der Waals surface area contributed by atoms with E-state index in [9.17, 15) is 5.11 Å². The Bertz CT molecular complexity index is 3290. The molecule has 6 aromatic carbocycles. The molecule has 0 saturated heterocycles. The van der Waals surface area contributed by atoms with E-state index in [0.717, 1.165) is 44.6 Å². The molecule has 8 rings (SSSR count). The minimum Gasteiger partial charge on any atom is -0.507 e. The van der Waals surface area contributed by atoms with Gasteiger partial charge in [-0.1, -0.05) is 168 Å². The van der Waals surface area contributed by atoms with Gasteiger partial charge in [-0.2, -0.15) is 0 Å². The maximum atomic E-state index is 12.1. The molecule has 2 heterocycles. The van der Waals surface area contributed by atoms with E-state index < -0.39 is 26.0 Å². The van der Waals surface area contributed by atoms with Gasteiger partial charge in [0.05, 0.1) is 28.0 Å². The van der Waals surface area contributed by atoms with Crippen molar-refractivity contribution in [1.29, 1.82) is 0 Å². The number of pyridine rings is 1. The van der Waals surface area contributed by atoms with Crippen LogP contribution in [-0.2, 0) is 21.7 Å². The van der Waals surface area contributed by atoms with Crippen LogP contribution in [0.3, 0.4) is 0 Å². The fourth-order valence-electron chi connectivity index (χ4n) is 8.25. The van der Waals surface area contributed by atoms with Crippen molar-refractivity contribution in [2.24, 2.45) is 0 Å². The van der Waals surface area contributed by atoms with Crippen molar-refractivity contribution < 1.29 is 17.4 Å². The number of phenols is 1. The van der Waals surface area contributed by atoms with Gasteiger partial charge in [0.25, 0.3) is 0 Å². The highest BCUT2D eigenvalue weighted by molar-refractivity contribution is 5.98. The topological polar surface area (TPSA) is 50.9 Å². The molecule has 4 nitrogen and oxygen atoms in total. The number of para-hydroxylation sites is 1. The van der Waals surface area contributed by atoms with Crippen molar-refractivity contribution in [3.8, 4) is 67.5 Å². The molecule has 0 spiro atoms. The number of aromatic hydroxyl groups is 1. The maximum Gasteiger partial charge on any atom is 0.149 e. The first-order valence-electron chi connectivity index (χ1n) is 26.1. The average Bonchev–Trinajstić information content (AvgIpc) is 3.67. The molecule has 8 aromatic rings. The summed E-state index contributed by atoms with van der Waals surface area (Å²) in [4.78, 5) is 10.4. The van der Waals surface area contributed by atoms with Crippen LogP contribution in [0.25, 0.3) is 72.7 Å². The molecule has 0 radical (unpaired) electrons. The summed E-state index contributed by atoms with van der Waals surface area (Å²) in [5, 5.41) is 12.1. The Kier molecular flexibility index (Phi) is 8.37. The molecule has 320 valence electrons. The van der Waals surface area contributed by atoms with E-state index in [1.807, 2.05) is 60.2 Å². The molecule has 0 unspecified atom stereocenters. The summed E-state index contributed by atoms with van der Waals surface area (Å²) < 4.78 is 79.2. The Morgan fingerprint density at radius 2 is 1.13 bits per heavy atom. The molecule has 4 heteroatoms. The lowest BCUT2D eigenvalue weighted by Gasteiger charge is -2.24. The van der Waals surface area contributed by atoms with Crippen molar-refractivity contribution in [3.63, 3.8) is 0 Å². The number of phenolic OH excluding ortho intramolecular Hbond substituents is 1. The average molecular weight is 839 g/mol. The maximum absolute atomic E-state index is 12.1. The lowest BCUT2D eigenvalue weighted by Crippen LogP contribution is -2.13. The molecule has 0 saturated carbocycles. The highest BCUT2D eigenvalue weighted by atomic mass is 16.3. The van der Waals surface area contributed by atoms with Crippen LogP contribution in [0.15, 0.2) is 140 Å². The van der Waals surface area contributed by atoms with Crippen LogP contribution in [0.1, 0.15) is 123 Å². The molecule has 0 fully saturated rings. The third-order valence-corrected chi connectivity index (χ3v) is 12.1. The molecular formula is C59H63N3O. The molecule has 1 N–H and O–H groups in total. The zero-order valence-corrected chi connectivity index (χ0v) is 38.1. The minimum absolute atomic E-state index is 0.0150. The molecule has 0 atom stereocenters. The second kappa shape index (κ2) is 15.8. The van der Waals surface area contributed by atoms with Gasteiger partial charge in [0, 0.05) is 35.2 Å². The van der Waals surface area contributed by atoms with Crippen LogP contribution in [0, 0.1) is 6.92 Å². The summed E-state index contributed by atoms with van der Waals surface area (Å²) in [5.41, 5.74) is 8.23. The van der Waals surface area contributed by atoms with E-state index in [1.54, 1.807) is 30.3 Å². The smallest absolute Gasteiger partial charge is 0.149 e. The predicted octanol–water partition coefficient (Wildman–Crippen LogP) is 16.0. The van der Waals surface area contributed by atoms with Gasteiger partial charge in [0.15, 0.2) is 0 Å². The van der Waals surface area contributed by atoms with Crippen molar-refractivity contribution in [3.05, 3.63) is 167 Å². The molecule has 2 aromatic heterocycles.